The number of methoxy groups -OCH3 is 2. The summed E-state index contributed by atoms with van der Waals surface area (Å²) in [5.41, 5.74) is 3.95. The molecule has 3 aromatic rings. The second kappa shape index (κ2) is 7.00. The Kier molecular flexibility index (Phi) is 4.40. The molecule has 2 heterocycles. The molecule has 0 unspecified atom stereocenters. The first-order valence-electron chi connectivity index (χ1n) is 8.65. The van der Waals surface area contributed by atoms with Crippen LogP contribution in [0.25, 0.3) is 34.7 Å². The number of hydrogen-bond donors (Lipinski definition) is 0. The van der Waals surface area contributed by atoms with Crippen LogP contribution in [0.2, 0.25) is 0 Å². The predicted octanol–water partition coefficient (Wildman–Crippen LogP) is 3.18. The van der Waals surface area contributed by atoms with Crippen LogP contribution in [0, 0.1) is 0 Å². The topological polar surface area (TPSA) is 44.2 Å². The lowest BCUT2D eigenvalue weighted by Crippen LogP contribution is -2.32. The summed E-state index contributed by atoms with van der Waals surface area (Å²) in [6, 6.07) is 14.0. The van der Waals surface area contributed by atoms with Crippen molar-refractivity contribution in [2.75, 3.05) is 14.2 Å². The Hall–Kier alpha value is -3.14. The molecule has 1 aliphatic rings. The van der Waals surface area contributed by atoms with Crippen LogP contribution in [-0.2, 0) is 0 Å². The molecule has 0 bridgehead atoms. The number of pyridine rings is 2. The van der Waals surface area contributed by atoms with Gasteiger partial charge >= 0.3 is 0 Å². The number of ether oxygens (including phenoxy) is 2. The molecular formula is C22H20N2O2. The minimum atomic E-state index is 0.774. The summed E-state index contributed by atoms with van der Waals surface area (Å²) >= 11 is 0. The standard InChI is InChI=1S/C22H20N2O2/c1-25-16-9-7-15(8-10-16)19-14-22(21-13-17(26-2)11-12-23-21)24-20-6-4-3-5-18(19)20/h5-14H,3-4H2,1-2H3. The van der Waals surface area contributed by atoms with Crippen LogP contribution in [0.15, 0.2) is 48.7 Å². The van der Waals surface area contributed by atoms with E-state index in [1.165, 1.54) is 5.22 Å². The van der Waals surface area contributed by atoms with Gasteiger partial charge in [-0.3, -0.25) is 4.98 Å². The van der Waals surface area contributed by atoms with Crippen LogP contribution < -0.4 is 20.0 Å². The summed E-state index contributed by atoms with van der Waals surface area (Å²) in [5.74, 6) is 1.62. The van der Waals surface area contributed by atoms with E-state index in [2.05, 4.69) is 35.3 Å². The van der Waals surface area contributed by atoms with Crippen molar-refractivity contribution in [3.05, 3.63) is 59.2 Å². The van der Waals surface area contributed by atoms with Crippen molar-refractivity contribution in [3.63, 3.8) is 0 Å². The van der Waals surface area contributed by atoms with Crippen LogP contribution in [0.1, 0.15) is 12.8 Å². The molecule has 0 radical (unpaired) electrons. The molecule has 130 valence electrons. The molecule has 4 rings (SSSR count). The normalized spacial score (nSPS) is 12.5. The largest absolute Gasteiger partial charge is 0.497 e. The molecule has 0 spiro atoms. The molecule has 1 aromatic carbocycles. The van der Waals surface area contributed by atoms with Crippen LogP contribution in [0.3, 0.4) is 0 Å². The van der Waals surface area contributed by atoms with Gasteiger partial charge < -0.3 is 9.47 Å². The number of nitrogens with zero attached hydrogens (tertiary/aromatic N) is 2. The fourth-order valence-corrected chi connectivity index (χ4v) is 3.21. The third kappa shape index (κ3) is 3.06. The maximum absolute atomic E-state index is 5.33. The van der Waals surface area contributed by atoms with Gasteiger partial charge in [0.05, 0.1) is 31.0 Å². The van der Waals surface area contributed by atoms with Crippen LogP contribution in [-0.4, -0.2) is 24.2 Å². The van der Waals surface area contributed by atoms with Gasteiger partial charge in [0, 0.05) is 17.5 Å². The van der Waals surface area contributed by atoms with E-state index in [1.54, 1.807) is 20.4 Å². The summed E-state index contributed by atoms with van der Waals surface area (Å²) in [5, 5.41) is 2.21. The molecule has 0 amide bonds. The average molecular weight is 344 g/mol. The first-order valence-corrected chi connectivity index (χ1v) is 8.65. The minimum Gasteiger partial charge on any atom is -0.497 e. The molecule has 26 heavy (non-hydrogen) atoms. The van der Waals surface area contributed by atoms with Crippen LogP contribution in [0.5, 0.6) is 11.5 Å². The van der Waals surface area contributed by atoms with E-state index < -0.39 is 0 Å². The Morgan fingerprint density at radius 2 is 1.58 bits per heavy atom. The van der Waals surface area contributed by atoms with Gasteiger partial charge in [0.2, 0.25) is 0 Å². The minimum absolute atomic E-state index is 0.774. The Morgan fingerprint density at radius 1 is 0.808 bits per heavy atom. The van der Waals surface area contributed by atoms with Gasteiger partial charge in [0.25, 0.3) is 0 Å². The molecule has 1 aliphatic carbocycles. The highest BCUT2D eigenvalue weighted by Gasteiger charge is 2.10. The molecule has 0 aliphatic heterocycles. The Balaban J connectivity index is 1.92. The maximum Gasteiger partial charge on any atom is 0.122 e. The van der Waals surface area contributed by atoms with Gasteiger partial charge in [0.15, 0.2) is 0 Å². The van der Waals surface area contributed by atoms with Gasteiger partial charge in [0.1, 0.15) is 11.5 Å². The molecule has 0 saturated carbocycles. The van der Waals surface area contributed by atoms with Crippen molar-refractivity contribution >= 4 is 12.2 Å². The van der Waals surface area contributed by atoms with E-state index >= 15 is 0 Å². The quantitative estimate of drug-likeness (QED) is 0.729. The highest BCUT2D eigenvalue weighted by Crippen LogP contribution is 2.24. The summed E-state index contributed by atoms with van der Waals surface area (Å²) < 4.78 is 10.6. The molecule has 0 atom stereocenters. The molecular weight excluding hydrogens is 324 g/mol. The van der Waals surface area contributed by atoms with Crippen molar-refractivity contribution in [1.82, 2.24) is 9.97 Å². The lowest BCUT2D eigenvalue weighted by Gasteiger charge is -2.11. The highest BCUT2D eigenvalue weighted by molar-refractivity contribution is 5.72. The Labute approximate surface area is 152 Å². The first-order chi connectivity index (χ1) is 12.8. The number of rotatable bonds is 4. The zero-order chi connectivity index (χ0) is 17.9. The number of aromatic nitrogens is 2. The fraction of sp³-hybridized carbons (Fsp3) is 0.182. The molecule has 2 aromatic heterocycles. The van der Waals surface area contributed by atoms with E-state index in [9.17, 15) is 0 Å². The van der Waals surface area contributed by atoms with Crippen molar-refractivity contribution in [2.24, 2.45) is 0 Å². The molecule has 4 heteroatoms. The lowest BCUT2D eigenvalue weighted by atomic mass is 9.99. The zero-order valence-corrected chi connectivity index (χ0v) is 14.9. The molecule has 4 nitrogen and oxygen atoms in total. The van der Waals surface area contributed by atoms with E-state index in [-0.39, 0.29) is 0 Å². The third-order valence-electron chi connectivity index (χ3n) is 4.57. The monoisotopic (exact) mass is 344 g/mol. The van der Waals surface area contributed by atoms with Crippen molar-refractivity contribution in [3.8, 4) is 34.0 Å². The summed E-state index contributed by atoms with van der Waals surface area (Å²) in [7, 11) is 3.34. The van der Waals surface area contributed by atoms with E-state index in [0.717, 1.165) is 52.2 Å². The maximum atomic E-state index is 5.33. The van der Waals surface area contributed by atoms with Gasteiger partial charge in [-0.15, -0.1) is 0 Å². The van der Waals surface area contributed by atoms with E-state index in [0.29, 0.717) is 0 Å². The zero-order valence-electron chi connectivity index (χ0n) is 14.9. The second-order valence-electron chi connectivity index (χ2n) is 6.15. The van der Waals surface area contributed by atoms with Crippen molar-refractivity contribution < 1.29 is 9.47 Å². The van der Waals surface area contributed by atoms with E-state index in [1.807, 2.05) is 24.3 Å². The Bertz CT molecular complexity index is 1060. The first kappa shape index (κ1) is 16.3. The number of benzene rings is 1. The lowest BCUT2D eigenvalue weighted by molar-refractivity contribution is 0.414. The number of hydrogen-bond acceptors (Lipinski definition) is 4. The fourth-order valence-electron chi connectivity index (χ4n) is 3.21. The summed E-state index contributed by atoms with van der Waals surface area (Å²) in [4.78, 5) is 9.33. The molecule has 0 N–H and O–H groups in total. The van der Waals surface area contributed by atoms with Crippen molar-refractivity contribution in [2.45, 2.75) is 12.8 Å². The van der Waals surface area contributed by atoms with Crippen LogP contribution in [0.4, 0.5) is 0 Å². The smallest absolute Gasteiger partial charge is 0.122 e. The second-order valence-corrected chi connectivity index (χ2v) is 6.15. The van der Waals surface area contributed by atoms with E-state index in [4.69, 9.17) is 14.5 Å². The summed E-state index contributed by atoms with van der Waals surface area (Å²) in [6.07, 6.45) is 8.26. The van der Waals surface area contributed by atoms with Gasteiger partial charge in [-0.2, -0.15) is 0 Å². The van der Waals surface area contributed by atoms with Gasteiger partial charge in [-0.1, -0.05) is 24.3 Å². The third-order valence-corrected chi connectivity index (χ3v) is 4.57. The van der Waals surface area contributed by atoms with Crippen LogP contribution >= 0.6 is 0 Å². The van der Waals surface area contributed by atoms with Gasteiger partial charge in [-0.05, 0) is 48.2 Å². The summed E-state index contributed by atoms with van der Waals surface area (Å²) in [6.45, 7) is 0. The number of fused-ring (bicyclic) bond motifs is 1. The van der Waals surface area contributed by atoms with Crippen molar-refractivity contribution in [1.29, 1.82) is 0 Å². The highest BCUT2D eigenvalue weighted by atomic mass is 16.5. The molecule has 0 saturated heterocycles. The Morgan fingerprint density at radius 3 is 2.35 bits per heavy atom. The molecule has 0 fully saturated rings. The SMILES string of the molecule is COc1ccc(-c2cc(-c3cc(OC)ccn3)nc3c2=CCCC=3)cc1. The predicted molar refractivity (Wildman–Crippen MR) is 103 cm³/mol. The van der Waals surface area contributed by atoms with Gasteiger partial charge in [-0.25, -0.2) is 4.98 Å². The average Bonchev–Trinajstić information content (AvgIpc) is 2.73.